The number of nitrogens with one attached hydrogen (secondary N) is 1. The van der Waals surface area contributed by atoms with Crippen LogP contribution < -0.4 is 15.0 Å². The van der Waals surface area contributed by atoms with Crippen molar-refractivity contribution < 1.29 is 9.53 Å². The number of urea groups is 1. The van der Waals surface area contributed by atoms with E-state index in [1.165, 1.54) is 24.1 Å². The van der Waals surface area contributed by atoms with Crippen molar-refractivity contribution in [3.63, 3.8) is 0 Å². The third kappa shape index (κ3) is 3.07. The molecule has 1 aliphatic carbocycles. The van der Waals surface area contributed by atoms with Crippen LogP contribution in [0.25, 0.3) is 0 Å². The molecule has 0 aromatic heterocycles. The SMILES string of the molecule is C=C1Cc2cc(N3CCN(C(=O)NC4CCCC4)CC3)ccc2O1. The van der Waals surface area contributed by atoms with Crippen LogP contribution in [0.3, 0.4) is 0 Å². The lowest BCUT2D eigenvalue weighted by atomic mass is 10.1. The third-order valence-corrected chi connectivity index (χ3v) is 5.30. The molecule has 1 aromatic carbocycles. The highest BCUT2D eigenvalue weighted by Crippen LogP contribution is 2.33. The number of ether oxygens (including phenoxy) is 1. The Morgan fingerprint density at radius 2 is 1.92 bits per heavy atom. The van der Waals surface area contributed by atoms with E-state index in [0.29, 0.717) is 6.04 Å². The van der Waals surface area contributed by atoms with E-state index in [-0.39, 0.29) is 6.03 Å². The number of nitrogens with zero attached hydrogens (tertiary/aromatic N) is 2. The predicted molar refractivity (Wildman–Crippen MR) is 94.5 cm³/mol. The fourth-order valence-corrected chi connectivity index (χ4v) is 3.91. The van der Waals surface area contributed by atoms with E-state index in [1.54, 1.807) is 0 Å². The number of amides is 2. The highest BCUT2D eigenvalue weighted by atomic mass is 16.5. The summed E-state index contributed by atoms with van der Waals surface area (Å²) >= 11 is 0. The van der Waals surface area contributed by atoms with Gasteiger partial charge >= 0.3 is 6.03 Å². The molecule has 1 saturated heterocycles. The van der Waals surface area contributed by atoms with Crippen LogP contribution in [0.4, 0.5) is 10.5 Å². The van der Waals surface area contributed by atoms with Gasteiger partial charge in [0, 0.05) is 49.9 Å². The zero-order valence-corrected chi connectivity index (χ0v) is 14.1. The molecule has 1 saturated carbocycles. The van der Waals surface area contributed by atoms with E-state index in [0.717, 1.165) is 57.0 Å². The summed E-state index contributed by atoms with van der Waals surface area (Å²) in [4.78, 5) is 16.7. The molecule has 0 radical (unpaired) electrons. The summed E-state index contributed by atoms with van der Waals surface area (Å²) < 4.78 is 5.59. The molecule has 0 bridgehead atoms. The van der Waals surface area contributed by atoms with Gasteiger partial charge in [0.1, 0.15) is 11.5 Å². The fourth-order valence-electron chi connectivity index (χ4n) is 3.91. The Hall–Kier alpha value is -2.17. The van der Waals surface area contributed by atoms with Gasteiger partial charge in [-0.2, -0.15) is 0 Å². The van der Waals surface area contributed by atoms with Crippen molar-refractivity contribution in [2.75, 3.05) is 31.1 Å². The molecule has 24 heavy (non-hydrogen) atoms. The second kappa shape index (κ2) is 6.38. The lowest BCUT2D eigenvalue weighted by molar-refractivity contribution is 0.190. The van der Waals surface area contributed by atoms with Gasteiger partial charge in [0.15, 0.2) is 0 Å². The maximum Gasteiger partial charge on any atom is 0.317 e. The molecule has 1 N–H and O–H groups in total. The van der Waals surface area contributed by atoms with Gasteiger partial charge < -0.3 is 19.9 Å². The zero-order valence-electron chi connectivity index (χ0n) is 14.1. The summed E-state index contributed by atoms with van der Waals surface area (Å²) in [6, 6.07) is 6.83. The van der Waals surface area contributed by atoms with Crippen molar-refractivity contribution in [3.05, 3.63) is 36.1 Å². The number of carbonyl (C=O) groups excluding carboxylic acids is 1. The van der Waals surface area contributed by atoms with Crippen molar-refractivity contribution in [2.45, 2.75) is 38.1 Å². The zero-order chi connectivity index (χ0) is 16.5. The minimum Gasteiger partial charge on any atom is -0.462 e. The summed E-state index contributed by atoms with van der Waals surface area (Å²) in [6.07, 6.45) is 5.55. The molecule has 4 rings (SSSR count). The number of piperazine rings is 1. The Morgan fingerprint density at radius 1 is 1.17 bits per heavy atom. The van der Waals surface area contributed by atoms with Crippen LogP contribution in [0.2, 0.25) is 0 Å². The van der Waals surface area contributed by atoms with Gasteiger partial charge in [-0.3, -0.25) is 0 Å². The van der Waals surface area contributed by atoms with E-state index in [9.17, 15) is 4.79 Å². The number of hydrogen-bond donors (Lipinski definition) is 1. The molecule has 128 valence electrons. The monoisotopic (exact) mass is 327 g/mol. The molecule has 0 unspecified atom stereocenters. The first kappa shape index (κ1) is 15.4. The second-order valence-electron chi connectivity index (χ2n) is 7.01. The molecular formula is C19H25N3O2. The third-order valence-electron chi connectivity index (χ3n) is 5.30. The number of fused-ring (bicyclic) bond motifs is 1. The van der Waals surface area contributed by atoms with E-state index in [1.807, 2.05) is 11.0 Å². The topological polar surface area (TPSA) is 44.8 Å². The van der Waals surface area contributed by atoms with Gasteiger partial charge in [-0.15, -0.1) is 0 Å². The summed E-state index contributed by atoms with van der Waals surface area (Å²) in [5.74, 6) is 1.74. The van der Waals surface area contributed by atoms with E-state index in [2.05, 4.69) is 28.9 Å². The molecule has 2 amide bonds. The van der Waals surface area contributed by atoms with Crippen LogP contribution in [-0.4, -0.2) is 43.2 Å². The average molecular weight is 327 g/mol. The summed E-state index contributed by atoms with van der Waals surface area (Å²) in [6.45, 7) is 7.20. The van der Waals surface area contributed by atoms with Crippen molar-refractivity contribution in [1.29, 1.82) is 0 Å². The number of carbonyl (C=O) groups is 1. The number of benzene rings is 1. The Morgan fingerprint density at radius 3 is 2.67 bits per heavy atom. The summed E-state index contributed by atoms with van der Waals surface area (Å²) in [5, 5.41) is 3.18. The molecule has 5 heteroatoms. The van der Waals surface area contributed by atoms with Crippen molar-refractivity contribution in [2.24, 2.45) is 0 Å². The van der Waals surface area contributed by atoms with Gasteiger partial charge in [0.25, 0.3) is 0 Å². The molecular weight excluding hydrogens is 302 g/mol. The van der Waals surface area contributed by atoms with E-state index in [4.69, 9.17) is 4.74 Å². The lowest BCUT2D eigenvalue weighted by Gasteiger charge is -2.36. The smallest absolute Gasteiger partial charge is 0.317 e. The van der Waals surface area contributed by atoms with Gasteiger partial charge in [-0.05, 0) is 31.0 Å². The van der Waals surface area contributed by atoms with Crippen molar-refractivity contribution in [3.8, 4) is 5.75 Å². The lowest BCUT2D eigenvalue weighted by Crippen LogP contribution is -2.53. The van der Waals surface area contributed by atoms with Crippen molar-refractivity contribution >= 4 is 11.7 Å². The van der Waals surface area contributed by atoms with Crippen LogP contribution in [0.1, 0.15) is 31.2 Å². The van der Waals surface area contributed by atoms with Gasteiger partial charge in [-0.25, -0.2) is 4.79 Å². The number of allylic oxidation sites excluding steroid dienone is 1. The maximum atomic E-state index is 12.4. The van der Waals surface area contributed by atoms with Gasteiger partial charge in [0.2, 0.25) is 0 Å². The minimum atomic E-state index is 0.111. The number of hydrogen-bond acceptors (Lipinski definition) is 3. The average Bonchev–Trinajstić information content (AvgIpc) is 3.22. The number of rotatable bonds is 2. The quantitative estimate of drug-likeness (QED) is 0.908. The van der Waals surface area contributed by atoms with Crippen LogP contribution in [-0.2, 0) is 6.42 Å². The Bertz CT molecular complexity index is 644. The molecule has 2 heterocycles. The first-order valence-corrected chi connectivity index (χ1v) is 8.98. The first-order chi connectivity index (χ1) is 11.7. The summed E-state index contributed by atoms with van der Waals surface area (Å²) in [5.41, 5.74) is 2.42. The standard InChI is InChI=1S/C19H25N3O2/c1-14-12-15-13-17(6-7-18(15)24-14)21-8-10-22(11-9-21)19(23)20-16-4-2-3-5-16/h6-7,13,16H,1-5,8-12H2,(H,20,23). The number of anilines is 1. The van der Waals surface area contributed by atoms with Crippen molar-refractivity contribution in [1.82, 2.24) is 10.2 Å². The second-order valence-corrected chi connectivity index (χ2v) is 7.01. The van der Waals surface area contributed by atoms with Crippen LogP contribution in [0, 0.1) is 0 Å². The van der Waals surface area contributed by atoms with E-state index < -0.39 is 0 Å². The Balaban J connectivity index is 1.33. The fraction of sp³-hybridized carbons (Fsp3) is 0.526. The maximum absolute atomic E-state index is 12.4. The molecule has 0 spiro atoms. The molecule has 3 aliphatic rings. The highest BCUT2D eigenvalue weighted by Gasteiger charge is 2.25. The van der Waals surface area contributed by atoms with Crippen LogP contribution >= 0.6 is 0 Å². The normalized spacial score (nSPS) is 20.9. The van der Waals surface area contributed by atoms with E-state index >= 15 is 0 Å². The summed E-state index contributed by atoms with van der Waals surface area (Å²) in [7, 11) is 0. The highest BCUT2D eigenvalue weighted by molar-refractivity contribution is 5.75. The Kier molecular flexibility index (Phi) is 4.08. The molecule has 2 fully saturated rings. The first-order valence-electron chi connectivity index (χ1n) is 8.98. The van der Waals surface area contributed by atoms with Crippen LogP contribution in [0.15, 0.2) is 30.5 Å². The predicted octanol–water partition coefficient (Wildman–Crippen LogP) is 2.91. The van der Waals surface area contributed by atoms with Gasteiger partial charge in [0.05, 0.1) is 0 Å². The van der Waals surface area contributed by atoms with Crippen LogP contribution in [0.5, 0.6) is 5.75 Å². The molecule has 5 nitrogen and oxygen atoms in total. The van der Waals surface area contributed by atoms with Gasteiger partial charge in [-0.1, -0.05) is 19.4 Å². The molecule has 0 atom stereocenters. The minimum absolute atomic E-state index is 0.111. The Labute approximate surface area is 143 Å². The molecule has 1 aromatic rings. The molecule has 2 aliphatic heterocycles. The largest absolute Gasteiger partial charge is 0.462 e.